The van der Waals surface area contributed by atoms with E-state index in [-0.39, 0.29) is 17.4 Å². The summed E-state index contributed by atoms with van der Waals surface area (Å²) in [5, 5.41) is 6.51. The molecule has 5 nitrogen and oxygen atoms in total. The van der Waals surface area contributed by atoms with Crippen LogP contribution in [-0.4, -0.2) is 14.8 Å². The van der Waals surface area contributed by atoms with Crippen LogP contribution in [0.15, 0.2) is 33.0 Å². The lowest BCUT2D eigenvalue weighted by molar-refractivity contribution is -0.137. The molecule has 3 N–H and O–H groups in total. The van der Waals surface area contributed by atoms with Gasteiger partial charge in [-0.25, -0.2) is 9.89 Å². The molecule has 1 aromatic carbocycles. The lowest BCUT2D eigenvalue weighted by atomic mass is 10.2. The van der Waals surface area contributed by atoms with Crippen molar-refractivity contribution in [2.45, 2.75) is 36.1 Å². The molecule has 0 saturated carbocycles. The van der Waals surface area contributed by atoms with Crippen molar-refractivity contribution < 1.29 is 13.2 Å². The summed E-state index contributed by atoms with van der Waals surface area (Å²) in [4.78, 5) is 12.0. The molecule has 0 amide bonds. The number of rotatable bonds is 3. The van der Waals surface area contributed by atoms with Gasteiger partial charge < -0.3 is 5.73 Å². The Kier molecular flexibility index (Phi) is 4.04. The number of nitrogens with zero attached hydrogens (tertiary/aromatic N) is 2. The number of H-pyrrole nitrogens is 1. The quantitative estimate of drug-likeness (QED) is 0.853. The van der Waals surface area contributed by atoms with Gasteiger partial charge in [-0.15, -0.1) is 5.10 Å². The summed E-state index contributed by atoms with van der Waals surface area (Å²) < 4.78 is 39.1. The normalized spacial score (nSPS) is 12.1. The minimum atomic E-state index is -4.44. The van der Waals surface area contributed by atoms with E-state index in [0.717, 1.165) is 23.9 Å². The molecule has 0 aliphatic heterocycles. The van der Waals surface area contributed by atoms with Crippen LogP contribution < -0.4 is 11.4 Å². The van der Waals surface area contributed by atoms with Crippen LogP contribution in [0.5, 0.6) is 0 Å². The van der Waals surface area contributed by atoms with Crippen molar-refractivity contribution in [3.05, 3.63) is 34.2 Å². The number of alkyl halides is 3. The van der Waals surface area contributed by atoms with E-state index in [1.807, 2.05) is 0 Å². The molecule has 0 bridgehead atoms. The monoisotopic (exact) mass is 318 g/mol. The summed E-state index contributed by atoms with van der Waals surface area (Å²) in [5.41, 5.74) is 4.45. The molecule has 0 atom stereocenters. The van der Waals surface area contributed by atoms with Gasteiger partial charge in [0.25, 0.3) is 0 Å². The first kappa shape index (κ1) is 15.5. The summed E-state index contributed by atoms with van der Waals surface area (Å²) in [7, 11) is 0. The number of halogens is 3. The highest BCUT2D eigenvalue weighted by Gasteiger charge is 2.31. The van der Waals surface area contributed by atoms with Crippen molar-refractivity contribution in [3.8, 4) is 0 Å². The number of hydrogen-bond donors (Lipinski definition) is 2. The third kappa shape index (κ3) is 3.23. The van der Waals surface area contributed by atoms with Crippen LogP contribution in [0.3, 0.4) is 0 Å². The number of aromatic amines is 1. The Morgan fingerprint density at radius 1 is 1.38 bits per heavy atom. The van der Waals surface area contributed by atoms with Crippen molar-refractivity contribution in [1.82, 2.24) is 14.8 Å². The topological polar surface area (TPSA) is 76.7 Å². The fraction of sp³-hybridized carbons (Fsp3) is 0.333. The molecule has 21 heavy (non-hydrogen) atoms. The van der Waals surface area contributed by atoms with E-state index < -0.39 is 11.7 Å². The molecule has 0 spiro atoms. The first-order valence-corrected chi connectivity index (χ1v) is 6.83. The third-order valence-electron chi connectivity index (χ3n) is 2.73. The maximum Gasteiger partial charge on any atom is 0.416 e. The van der Waals surface area contributed by atoms with Crippen LogP contribution in [0.1, 0.15) is 25.5 Å². The summed E-state index contributed by atoms with van der Waals surface area (Å²) in [5.74, 6) is 0. The highest BCUT2D eigenvalue weighted by molar-refractivity contribution is 7.99. The lowest BCUT2D eigenvalue weighted by Crippen LogP contribution is -2.19. The van der Waals surface area contributed by atoms with E-state index in [1.54, 1.807) is 13.8 Å². The highest BCUT2D eigenvalue weighted by Crippen LogP contribution is 2.36. The van der Waals surface area contributed by atoms with Crippen molar-refractivity contribution in [1.29, 1.82) is 0 Å². The summed E-state index contributed by atoms with van der Waals surface area (Å²) in [6.45, 7) is 3.61. The van der Waals surface area contributed by atoms with Gasteiger partial charge in [0.05, 0.1) is 5.56 Å². The van der Waals surface area contributed by atoms with Crippen LogP contribution in [0.4, 0.5) is 18.9 Å². The molecular weight excluding hydrogens is 305 g/mol. The Morgan fingerprint density at radius 2 is 2.05 bits per heavy atom. The second-order valence-electron chi connectivity index (χ2n) is 4.63. The van der Waals surface area contributed by atoms with Crippen molar-refractivity contribution in [2.24, 2.45) is 0 Å². The van der Waals surface area contributed by atoms with Gasteiger partial charge in [-0.1, -0.05) is 0 Å². The van der Waals surface area contributed by atoms with Gasteiger partial charge in [0, 0.05) is 16.6 Å². The molecule has 114 valence electrons. The largest absolute Gasteiger partial charge is 0.416 e. The number of nitrogens with two attached hydrogens (primary N) is 1. The zero-order valence-corrected chi connectivity index (χ0v) is 12.0. The van der Waals surface area contributed by atoms with Gasteiger partial charge in [0.2, 0.25) is 0 Å². The number of hydrogen-bond acceptors (Lipinski definition) is 4. The van der Waals surface area contributed by atoms with Gasteiger partial charge >= 0.3 is 11.9 Å². The molecule has 9 heteroatoms. The van der Waals surface area contributed by atoms with Crippen molar-refractivity contribution >= 4 is 17.4 Å². The number of benzene rings is 1. The Balaban J connectivity index is 2.35. The van der Waals surface area contributed by atoms with Crippen LogP contribution in [-0.2, 0) is 6.18 Å². The SMILES string of the molecule is CC(C)n1c(Sc2ccc(C(F)(F)F)cc2N)n[nH]c1=O. The lowest BCUT2D eigenvalue weighted by Gasteiger charge is -2.11. The standard InChI is InChI=1S/C12H13F3N4OS/c1-6(2)19-10(20)17-18-11(19)21-9-4-3-7(5-8(9)16)12(13,14)15/h3-6H,16H2,1-2H3,(H,17,20). The highest BCUT2D eigenvalue weighted by atomic mass is 32.2. The predicted octanol–water partition coefficient (Wildman–Crippen LogP) is 2.90. The first-order chi connectivity index (χ1) is 9.70. The molecule has 1 aromatic heterocycles. The van der Waals surface area contributed by atoms with E-state index in [2.05, 4.69) is 10.2 Å². The molecule has 2 aromatic rings. The minimum absolute atomic E-state index is 0.0134. The molecule has 2 rings (SSSR count). The summed E-state index contributed by atoms with van der Waals surface area (Å²) in [6, 6.07) is 2.96. The molecule has 0 aliphatic carbocycles. The molecule has 0 radical (unpaired) electrons. The zero-order chi connectivity index (χ0) is 15.8. The fourth-order valence-electron chi connectivity index (χ4n) is 1.73. The van der Waals surface area contributed by atoms with E-state index in [1.165, 1.54) is 10.6 Å². The van der Waals surface area contributed by atoms with Gasteiger partial charge in [0.15, 0.2) is 5.16 Å². The minimum Gasteiger partial charge on any atom is -0.398 e. The number of nitrogens with one attached hydrogen (secondary N) is 1. The maximum atomic E-state index is 12.6. The smallest absolute Gasteiger partial charge is 0.398 e. The first-order valence-electron chi connectivity index (χ1n) is 6.01. The number of aromatic nitrogens is 3. The molecule has 0 saturated heterocycles. The Bertz CT molecular complexity index is 705. The average Bonchev–Trinajstić information content (AvgIpc) is 2.71. The average molecular weight is 318 g/mol. The van der Waals surface area contributed by atoms with E-state index >= 15 is 0 Å². The Morgan fingerprint density at radius 3 is 2.57 bits per heavy atom. The van der Waals surface area contributed by atoms with Crippen LogP contribution in [0, 0.1) is 0 Å². The molecular formula is C12H13F3N4OS. The molecule has 0 fully saturated rings. The number of anilines is 1. The van der Waals surface area contributed by atoms with Gasteiger partial charge in [-0.3, -0.25) is 4.57 Å². The second kappa shape index (κ2) is 5.47. The van der Waals surface area contributed by atoms with Crippen LogP contribution in [0.2, 0.25) is 0 Å². The summed E-state index contributed by atoms with van der Waals surface area (Å²) in [6.07, 6.45) is -4.44. The van der Waals surface area contributed by atoms with Crippen LogP contribution >= 0.6 is 11.8 Å². The van der Waals surface area contributed by atoms with Gasteiger partial charge in [-0.2, -0.15) is 13.2 Å². The molecule has 1 heterocycles. The van der Waals surface area contributed by atoms with E-state index in [4.69, 9.17) is 5.73 Å². The predicted molar refractivity (Wildman–Crippen MR) is 73.2 cm³/mol. The third-order valence-corrected chi connectivity index (χ3v) is 3.79. The van der Waals surface area contributed by atoms with Gasteiger partial charge in [-0.05, 0) is 43.8 Å². The fourth-order valence-corrected chi connectivity index (χ4v) is 2.73. The zero-order valence-electron chi connectivity index (χ0n) is 11.2. The van der Waals surface area contributed by atoms with Gasteiger partial charge in [0.1, 0.15) is 0 Å². The Hall–Kier alpha value is -1.90. The number of nitrogen functional groups attached to an aromatic ring is 1. The van der Waals surface area contributed by atoms with Crippen LogP contribution in [0.25, 0.3) is 0 Å². The molecule has 0 aliphatic rings. The van der Waals surface area contributed by atoms with E-state index in [9.17, 15) is 18.0 Å². The second-order valence-corrected chi connectivity index (χ2v) is 5.64. The Labute approximate surface area is 122 Å². The van der Waals surface area contributed by atoms with E-state index in [0.29, 0.717) is 10.1 Å². The van der Waals surface area contributed by atoms with Crippen molar-refractivity contribution in [2.75, 3.05) is 5.73 Å². The van der Waals surface area contributed by atoms with Crippen molar-refractivity contribution in [3.63, 3.8) is 0 Å². The maximum absolute atomic E-state index is 12.6. The molecule has 0 unspecified atom stereocenters. The summed E-state index contributed by atoms with van der Waals surface area (Å²) >= 11 is 1.04.